The summed E-state index contributed by atoms with van der Waals surface area (Å²) in [4.78, 5) is 38.1. The molecule has 0 spiro atoms. The van der Waals surface area contributed by atoms with E-state index in [1.807, 2.05) is 22.5 Å². The molecule has 43 heavy (non-hydrogen) atoms. The first kappa shape index (κ1) is 28.1. The molecular formula is C31H29FN6O5. The van der Waals surface area contributed by atoms with Crippen LogP contribution in [0.25, 0.3) is 11.0 Å². The first-order valence-electron chi connectivity index (χ1n) is 14.0. The number of pyridine rings is 1. The second-order valence-corrected chi connectivity index (χ2v) is 10.6. The van der Waals surface area contributed by atoms with Crippen molar-refractivity contribution in [1.82, 2.24) is 19.4 Å². The molecule has 4 aromatic rings. The van der Waals surface area contributed by atoms with E-state index in [0.717, 1.165) is 12.5 Å². The lowest BCUT2D eigenvalue weighted by molar-refractivity contribution is -0.133. The number of carbonyl (C=O) groups excluding carboxylic acids is 1. The normalized spacial score (nSPS) is 17.4. The number of hydrogen-bond acceptors (Lipinski definition) is 8. The number of rotatable bonds is 9. The highest BCUT2D eigenvalue weighted by atomic mass is 19.1. The predicted octanol–water partition coefficient (Wildman–Crippen LogP) is 3.92. The minimum atomic E-state index is -1.01. The number of nitriles is 1. The van der Waals surface area contributed by atoms with Gasteiger partial charge in [-0.2, -0.15) is 10.2 Å². The van der Waals surface area contributed by atoms with Crippen LogP contribution < -0.4 is 9.64 Å². The first-order valence-corrected chi connectivity index (χ1v) is 14.0. The molecule has 1 N–H and O–H groups in total. The fraction of sp³-hybridized carbons (Fsp3) is 0.323. The molecule has 0 aliphatic carbocycles. The number of amides is 1. The number of aromatic nitrogens is 3. The zero-order valence-electron chi connectivity index (χ0n) is 23.4. The number of carbonyl (C=O) groups is 2. The number of carboxylic acids is 1. The van der Waals surface area contributed by atoms with Gasteiger partial charge in [0.15, 0.2) is 0 Å². The standard InChI is InChI=1S/C31H29FN6O5/c1-19(30-34-25-8-7-21(31(40)41)14-26(25)38(30)16-23-9-12-42-23)37-11-10-36(17-29(37)39)27-3-2-4-28(35-27)43-18-22-6-5-20(15-33)13-24(22)32/h2-8,13-14,19,23H,9-12,16-18H2,1H3,(H,40,41)/t19-,23?/m0/s1. The van der Waals surface area contributed by atoms with Crippen molar-refractivity contribution in [3.8, 4) is 11.9 Å². The van der Waals surface area contributed by atoms with Gasteiger partial charge in [-0.3, -0.25) is 4.79 Å². The minimum absolute atomic E-state index is 0.0124. The van der Waals surface area contributed by atoms with Gasteiger partial charge in [-0.25, -0.2) is 14.2 Å². The van der Waals surface area contributed by atoms with Crippen molar-refractivity contribution in [2.45, 2.75) is 38.6 Å². The highest BCUT2D eigenvalue weighted by molar-refractivity contribution is 5.92. The maximum Gasteiger partial charge on any atom is 0.335 e. The van der Waals surface area contributed by atoms with E-state index in [1.165, 1.54) is 18.2 Å². The van der Waals surface area contributed by atoms with Gasteiger partial charge in [0.1, 0.15) is 24.1 Å². The molecule has 0 saturated carbocycles. The van der Waals surface area contributed by atoms with E-state index in [1.54, 1.807) is 35.2 Å². The molecule has 220 valence electrons. The second-order valence-electron chi connectivity index (χ2n) is 10.6. The maximum atomic E-state index is 14.3. The van der Waals surface area contributed by atoms with Gasteiger partial charge in [0.2, 0.25) is 11.8 Å². The number of imidazole rings is 1. The Hall–Kier alpha value is -5.02. The van der Waals surface area contributed by atoms with Crippen molar-refractivity contribution in [2.24, 2.45) is 0 Å². The van der Waals surface area contributed by atoms with Gasteiger partial charge < -0.3 is 28.9 Å². The molecule has 11 nitrogen and oxygen atoms in total. The van der Waals surface area contributed by atoms with Crippen LogP contribution in [0.5, 0.6) is 5.88 Å². The van der Waals surface area contributed by atoms with Crippen molar-refractivity contribution in [1.29, 1.82) is 5.26 Å². The summed E-state index contributed by atoms with van der Waals surface area (Å²) in [5.41, 5.74) is 2.08. The van der Waals surface area contributed by atoms with Crippen LogP contribution in [0.3, 0.4) is 0 Å². The van der Waals surface area contributed by atoms with Crippen molar-refractivity contribution in [3.05, 3.63) is 82.9 Å². The summed E-state index contributed by atoms with van der Waals surface area (Å²) in [7, 11) is 0. The zero-order valence-corrected chi connectivity index (χ0v) is 23.4. The number of carboxylic acid groups (broad SMARTS) is 1. The van der Waals surface area contributed by atoms with Crippen LogP contribution in [-0.2, 0) is 22.7 Å². The third kappa shape index (κ3) is 5.72. The molecule has 2 saturated heterocycles. The summed E-state index contributed by atoms with van der Waals surface area (Å²) < 4.78 is 27.6. The third-order valence-corrected chi connectivity index (χ3v) is 7.89. The van der Waals surface area contributed by atoms with Gasteiger partial charge in [-0.05, 0) is 49.7 Å². The van der Waals surface area contributed by atoms with Gasteiger partial charge in [0.25, 0.3) is 0 Å². The SMILES string of the molecule is C[C@@H](c1nc2ccc(C(=O)O)cc2n1CC1CCO1)N1CCN(c2cccc(OCc3ccc(C#N)cc3F)n2)CC1=O. The van der Waals surface area contributed by atoms with Gasteiger partial charge >= 0.3 is 5.97 Å². The Morgan fingerprint density at radius 2 is 2.05 bits per heavy atom. The minimum Gasteiger partial charge on any atom is -0.478 e. The van der Waals surface area contributed by atoms with Crippen molar-refractivity contribution in [3.63, 3.8) is 0 Å². The molecule has 0 radical (unpaired) electrons. The summed E-state index contributed by atoms with van der Waals surface area (Å²) in [6.45, 7) is 4.13. The Kier molecular flexibility index (Phi) is 7.65. The first-order chi connectivity index (χ1) is 20.8. The fourth-order valence-electron chi connectivity index (χ4n) is 5.39. The highest BCUT2D eigenvalue weighted by Gasteiger charge is 2.33. The van der Waals surface area contributed by atoms with Crippen LogP contribution in [0.4, 0.5) is 10.2 Å². The number of ether oxygens (including phenoxy) is 2. The van der Waals surface area contributed by atoms with Crippen molar-refractivity contribution >= 4 is 28.7 Å². The molecule has 4 heterocycles. The summed E-state index contributed by atoms with van der Waals surface area (Å²) in [5.74, 6) is -0.108. The van der Waals surface area contributed by atoms with E-state index in [-0.39, 0.29) is 48.2 Å². The van der Waals surface area contributed by atoms with E-state index in [9.17, 15) is 19.1 Å². The van der Waals surface area contributed by atoms with Crippen LogP contribution >= 0.6 is 0 Å². The fourth-order valence-corrected chi connectivity index (χ4v) is 5.39. The molecule has 6 rings (SSSR count). The van der Waals surface area contributed by atoms with Crippen LogP contribution in [0.15, 0.2) is 54.6 Å². The van der Waals surface area contributed by atoms with Crippen LogP contribution in [-0.4, -0.2) is 68.8 Å². The van der Waals surface area contributed by atoms with E-state index in [0.29, 0.717) is 54.5 Å². The Morgan fingerprint density at radius 1 is 1.21 bits per heavy atom. The molecule has 1 unspecified atom stereocenters. The molecule has 2 aromatic carbocycles. The maximum absolute atomic E-state index is 14.3. The molecule has 2 aliphatic rings. The van der Waals surface area contributed by atoms with Crippen LogP contribution in [0.2, 0.25) is 0 Å². The smallest absolute Gasteiger partial charge is 0.335 e. The molecular weight excluding hydrogens is 555 g/mol. The topological polar surface area (TPSA) is 134 Å². The lowest BCUT2D eigenvalue weighted by Crippen LogP contribution is -2.51. The average Bonchev–Trinajstić information content (AvgIpc) is 3.35. The van der Waals surface area contributed by atoms with Gasteiger partial charge in [-0.15, -0.1) is 0 Å². The summed E-state index contributed by atoms with van der Waals surface area (Å²) in [6, 6.07) is 15.8. The summed E-state index contributed by atoms with van der Waals surface area (Å²) in [5, 5.41) is 18.5. The number of halogens is 1. The summed E-state index contributed by atoms with van der Waals surface area (Å²) >= 11 is 0. The quantitative estimate of drug-likeness (QED) is 0.311. The Morgan fingerprint density at radius 3 is 2.74 bits per heavy atom. The van der Waals surface area contributed by atoms with Crippen LogP contribution in [0, 0.1) is 17.1 Å². The van der Waals surface area contributed by atoms with Gasteiger partial charge in [-0.1, -0.05) is 12.1 Å². The molecule has 2 aliphatic heterocycles. The monoisotopic (exact) mass is 584 g/mol. The Labute approximate surface area is 246 Å². The predicted molar refractivity (Wildman–Crippen MR) is 153 cm³/mol. The number of fused-ring (bicyclic) bond motifs is 1. The van der Waals surface area contributed by atoms with E-state index in [2.05, 4.69) is 4.98 Å². The lowest BCUT2D eigenvalue weighted by atomic mass is 10.1. The van der Waals surface area contributed by atoms with E-state index in [4.69, 9.17) is 19.7 Å². The summed E-state index contributed by atoms with van der Waals surface area (Å²) in [6.07, 6.45) is 0.917. The van der Waals surface area contributed by atoms with Crippen LogP contribution in [0.1, 0.15) is 46.7 Å². The zero-order chi connectivity index (χ0) is 30.1. The Bertz CT molecular complexity index is 1750. The number of benzene rings is 2. The van der Waals surface area contributed by atoms with E-state index >= 15 is 0 Å². The molecule has 2 aromatic heterocycles. The van der Waals surface area contributed by atoms with Gasteiger partial charge in [0.05, 0.1) is 53.5 Å². The highest BCUT2D eigenvalue weighted by Crippen LogP contribution is 2.30. The number of hydrogen-bond donors (Lipinski definition) is 1. The number of nitrogens with zero attached hydrogens (tertiary/aromatic N) is 6. The molecule has 12 heteroatoms. The molecule has 2 atom stereocenters. The third-order valence-electron chi connectivity index (χ3n) is 7.89. The molecule has 2 fully saturated rings. The largest absolute Gasteiger partial charge is 0.478 e. The lowest BCUT2D eigenvalue weighted by Gasteiger charge is -2.38. The van der Waals surface area contributed by atoms with Gasteiger partial charge in [0, 0.05) is 31.3 Å². The van der Waals surface area contributed by atoms with Crippen molar-refractivity contribution < 1.29 is 28.6 Å². The average molecular weight is 585 g/mol. The van der Waals surface area contributed by atoms with Crippen molar-refractivity contribution in [2.75, 3.05) is 31.1 Å². The number of aromatic carboxylic acids is 1. The number of anilines is 1. The second kappa shape index (κ2) is 11.7. The molecule has 0 bridgehead atoms. The number of piperazine rings is 1. The Balaban J connectivity index is 1.16. The van der Waals surface area contributed by atoms with E-state index < -0.39 is 11.8 Å². The molecule has 1 amide bonds.